The summed E-state index contributed by atoms with van der Waals surface area (Å²) in [5.74, 6) is 2.17. The van der Waals surface area contributed by atoms with E-state index >= 15 is 0 Å². The number of rotatable bonds is 6. The highest BCUT2D eigenvalue weighted by Gasteiger charge is 2.03. The van der Waals surface area contributed by atoms with Crippen molar-refractivity contribution in [2.75, 3.05) is 12.4 Å². The molecule has 7 heteroatoms. The van der Waals surface area contributed by atoms with Crippen LogP contribution < -0.4 is 10.6 Å². The van der Waals surface area contributed by atoms with Crippen LogP contribution in [0.5, 0.6) is 0 Å². The lowest BCUT2D eigenvalue weighted by molar-refractivity contribution is -0.125. The number of pyridine rings is 1. The van der Waals surface area contributed by atoms with Crippen LogP contribution in [-0.4, -0.2) is 34.7 Å². The highest BCUT2D eigenvalue weighted by atomic mass is 16.2. The van der Waals surface area contributed by atoms with E-state index in [1.165, 1.54) is 18.2 Å². The van der Waals surface area contributed by atoms with Gasteiger partial charge in [-0.25, -0.2) is 0 Å². The van der Waals surface area contributed by atoms with Crippen molar-refractivity contribution >= 4 is 23.4 Å². The third kappa shape index (κ3) is 15.1. The first-order chi connectivity index (χ1) is 15.9. The molecule has 0 unspecified atom stereocenters. The molecular weight excluding hydrogens is 416 g/mol. The number of hydrogen-bond donors (Lipinski definition) is 2. The molecule has 33 heavy (non-hydrogen) atoms. The van der Waals surface area contributed by atoms with Gasteiger partial charge in [-0.1, -0.05) is 62.9 Å². The monoisotopic (exact) mass is 446 g/mol. The maximum absolute atomic E-state index is 11.1. The van der Waals surface area contributed by atoms with E-state index in [0.29, 0.717) is 6.54 Å². The molecule has 0 fully saturated rings. The second-order valence-electron chi connectivity index (χ2n) is 6.16. The van der Waals surface area contributed by atoms with Crippen LogP contribution in [0.1, 0.15) is 18.9 Å². The third-order valence-corrected chi connectivity index (χ3v) is 3.58. The molecule has 0 aliphatic heterocycles. The van der Waals surface area contributed by atoms with Gasteiger partial charge in [0.15, 0.2) is 0 Å². The molecule has 2 aromatic rings. The Labute approximate surface area is 195 Å². The summed E-state index contributed by atoms with van der Waals surface area (Å²) in [5.41, 5.74) is 1.85. The number of anilines is 1. The number of likely N-dealkylation sites (N-methyl/N-ethyl adjacent to an activating group) is 1. The van der Waals surface area contributed by atoms with Gasteiger partial charge in [0.2, 0.25) is 11.8 Å². The molecule has 0 radical (unpaired) electrons. The molecule has 7 nitrogen and oxygen atoms in total. The lowest BCUT2D eigenvalue weighted by atomic mass is 10.2. The van der Waals surface area contributed by atoms with Gasteiger partial charge in [0, 0.05) is 44.1 Å². The number of nitrogens with one attached hydrogen (secondary N) is 2. The Morgan fingerprint density at radius 1 is 0.970 bits per heavy atom. The number of carbonyl (C=O) groups excluding carboxylic acids is 3. The van der Waals surface area contributed by atoms with Crippen molar-refractivity contribution in [3.05, 3.63) is 98.4 Å². The normalized spacial score (nSPS) is 8.42. The number of amides is 3. The Balaban J connectivity index is 0.000000475. The van der Waals surface area contributed by atoms with Gasteiger partial charge in [0.25, 0.3) is 5.91 Å². The van der Waals surface area contributed by atoms with Crippen molar-refractivity contribution in [3.8, 4) is 12.0 Å². The maximum Gasteiger partial charge on any atom is 0.254 e. The number of aromatic nitrogens is 1. The molecule has 0 spiro atoms. The van der Waals surface area contributed by atoms with Crippen LogP contribution in [0.2, 0.25) is 0 Å². The molecule has 1 aromatic heterocycles. The van der Waals surface area contributed by atoms with Crippen molar-refractivity contribution in [1.82, 2.24) is 15.2 Å². The number of benzene rings is 1. The van der Waals surface area contributed by atoms with Crippen LogP contribution in [0.3, 0.4) is 0 Å². The Hall–Kier alpha value is -4.44. The van der Waals surface area contributed by atoms with Gasteiger partial charge >= 0.3 is 0 Å². The van der Waals surface area contributed by atoms with Crippen LogP contribution >= 0.6 is 0 Å². The van der Waals surface area contributed by atoms with Gasteiger partial charge in [0.1, 0.15) is 0 Å². The molecule has 0 saturated heterocycles. The smallest absolute Gasteiger partial charge is 0.254 e. The van der Waals surface area contributed by atoms with Gasteiger partial charge in [-0.3, -0.25) is 24.7 Å². The first-order valence-electron chi connectivity index (χ1n) is 10.0. The topological polar surface area (TPSA) is 91.4 Å². The highest BCUT2D eigenvalue weighted by molar-refractivity contribution is 5.98. The Bertz CT molecular complexity index is 961. The zero-order chi connectivity index (χ0) is 24.9. The molecule has 2 rings (SSSR count). The van der Waals surface area contributed by atoms with E-state index in [9.17, 15) is 14.4 Å². The Kier molecular flexibility index (Phi) is 15.9. The van der Waals surface area contributed by atoms with Crippen LogP contribution in [0.25, 0.3) is 0 Å². The molecule has 0 saturated carbocycles. The van der Waals surface area contributed by atoms with Crippen LogP contribution in [0.4, 0.5) is 5.69 Å². The fraction of sp³-hybridized carbons (Fsp3) is 0.154. The van der Waals surface area contributed by atoms with Gasteiger partial charge in [-0.15, -0.1) is 0 Å². The predicted molar refractivity (Wildman–Crippen MR) is 133 cm³/mol. The van der Waals surface area contributed by atoms with E-state index in [1.807, 2.05) is 37.3 Å². The SMILES string of the molecule is C=CC(=O)N(C)Cc1ccccc1.C=CC(=O)NC#CCC.C=CC(=O)Nc1ccncc1. The van der Waals surface area contributed by atoms with Gasteiger partial charge < -0.3 is 10.2 Å². The van der Waals surface area contributed by atoms with E-state index in [-0.39, 0.29) is 17.7 Å². The standard InChI is InChI=1S/C11H13NO.C8H8N2O.C7H9NO/c1-3-11(13)12(2)9-10-7-5-4-6-8-10;1-2-8(11)10-7-3-5-9-6-4-7;1-3-5-6-8-7(9)4-2/h3-8H,1,9H2,2H3;2-6H,1H2,(H,9,10,11);4H,2-3H2,1H3,(H,8,9). The van der Waals surface area contributed by atoms with Crippen LogP contribution in [0, 0.1) is 12.0 Å². The maximum atomic E-state index is 11.1. The number of carbonyl (C=O) groups is 3. The molecule has 1 heterocycles. The fourth-order valence-corrected chi connectivity index (χ4v) is 1.96. The van der Waals surface area contributed by atoms with Crippen molar-refractivity contribution in [3.63, 3.8) is 0 Å². The summed E-state index contributed by atoms with van der Waals surface area (Å²) < 4.78 is 0. The van der Waals surface area contributed by atoms with Gasteiger partial charge in [0.05, 0.1) is 0 Å². The summed E-state index contributed by atoms with van der Waals surface area (Å²) >= 11 is 0. The summed E-state index contributed by atoms with van der Waals surface area (Å²) in [6.07, 6.45) is 7.70. The predicted octanol–water partition coefficient (Wildman–Crippen LogP) is 3.70. The van der Waals surface area contributed by atoms with Crippen LogP contribution in [-0.2, 0) is 20.9 Å². The molecule has 0 aliphatic rings. The fourth-order valence-electron chi connectivity index (χ4n) is 1.96. The largest absolute Gasteiger partial charge is 0.338 e. The summed E-state index contributed by atoms with van der Waals surface area (Å²) in [5, 5.41) is 4.91. The first kappa shape index (κ1) is 28.6. The zero-order valence-electron chi connectivity index (χ0n) is 19.1. The summed E-state index contributed by atoms with van der Waals surface area (Å²) in [6.45, 7) is 12.6. The van der Waals surface area contributed by atoms with E-state index < -0.39 is 0 Å². The van der Waals surface area contributed by atoms with E-state index in [1.54, 1.807) is 36.5 Å². The molecule has 0 aliphatic carbocycles. The van der Waals surface area contributed by atoms with E-state index in [2.05, 4.69) is 47.3 Å². The lowest BCUT2D eigenvalue weighted by Crippen LogP contribution is -2.23. The minimum absolute atomic E-state index is 0.0520. The second kappa shape index (κ2) is 18.3. The second-order valence-corrected chi connectivity index (χ2v) is 6.16. The summed E-state index contributed by atoms with van der Waals surface area (Å²) in [6, 6.07) is 15.7. The number of nitrogens with zero attached hydrogens (tertiary/aromatic N) is 2. The number of hydrogen-bond acceptors (Lipinski definition) is 4. The van der Waals surface area contributed by atoms with Crippen LogP contribution in [0.15, 0.2) is 92.8 Å². The molecule has 172 valence electrons. The van der Waals surface area contributed by atoms with E-state index in [0.717, 1.165) is 17.7 Å². The van der Waals surface area contributed by atoms with E-state index in [4.69, 9.17) is 0 Å². The van der Waals surface area contributed by atoms with Crippen molar-refractivity contribution in [1.29, 1.82) is 0 Å². The zero-order valence-corrected chi connectivity index (χ0v) is 19.1. The molecule has 1 aromatic carbocycles. The van der Waals surface area contributed by atoms with Gasteiger partial charge in [-0.05, 0) is 35.9 Å². The highest BCUT2D eigenvalue weighted by Crippen LogP contribution is 2.03. The van der Waals surface area contributed by atoms with Gasteiger partial charge in [-0.2, -0.15) is 0 Å². The molecule has 3 amide bonds. The van der Waals surface area contributed by atoms with Crippen molar-refractivity contribution < 1.29 is 14.4 Å². The van der Waals surface area contributed by atoms with Crippen molar-refractivity contribution in [2.24, 2.45) is 0 Å². The average molecular weight is 447 g/mol. The van der Waals surface area contributed by atoms with Crippen molar-refractivity contribution in [2.45, 2.75) is 19.9 Å². The molecular formula is C26H30N4O3. The molecule has 2 N–H and O–H groups in total. The molecule has 0 bridgehead atoms. The summed E-state index contributed by atoms with van der Waals surface area (Å²) in [7, 11) is 1.76. The average Bonchev–Trinajstić information content (AvgIpc) is 2.85. The first-order valence-corrected chi connectivity index (χ1v) is 10.0. The quantitative estimate of drug-likeness (QED) is 0.402. The minimum atomic E-state index is -0.254. The Morgan fingerprint density at radius 3 is 2.09 bits per heavy atom. The third-order valence-electron chi connectivity index (χ3n) is 3.58. The Morgan fingerprint density at radius 2 is 1.58 bits per heavy atom. The summed E-state index contributed by atoms with van der Waals surface area (Å²) in [4.78, 5) is 37.6. The molecule has 0 atom stereocenters. The lowest BCUT2D eigenvalue weighted by Gasteiger charge is -2.14. The minimum Gasteiger partial charge on any atom is -0.338 e.